The molecule has 15 heavy (non-hydrogen) atoms. The van der Waals surface area contributed by atoms with Crippen molar-refractivity contribution < 1.29 is 4.79 Å². The molecule has 0 aromatic rings. The molecule has 0 bridgehead atoms. The molecular weight excluding hydrogens is 186 g/mol. The Hall–Kier alpha value is -0.530. The van der Waals surface area contributed by atoms with Crippen molar-refractivity contribution in [3.63, 3.8) is 0 Å². The second-order valence-electron chi connectivity index (χ2n) is 6.16. The van der Waals surface area contributed by atoms with Crippen LogP contribution in [-0.2, 0) is 4.79 Å². The van der Waals surface area contributed by atoms with Crippen molar-refractivity contribution >= 4 is 5.91 Å². The van der Waals surface area contributed by atoms with Gasteiger partial charge in [-0.1, -0.05) is 27.7 Å². The zero-order chi connectivity index (χ0) is 11.6. The maximum absolute atomic E-state index is 11.1. The van der Waals surface area contributed by atoms with Crippen LogP contribution in [0.2, 0.25) is 0 Å². The van der Waals surface area contributed by atoms with E-state index < -0.39 is 0 Å². The van der Waals surface area contributed by atoms with E-state index in [2.05, 4.69) is 33.0 Å². The molecule has 2 nitrogen and oxygen atoms in total. The lowest BCUT2D eigenvalue weighted by molar-refractivity contribution is -0.119. The summed E-state index contributed by atoms with van der Waals surface area (Å²) in [7, 11) is 0. The van der Waals surface area contributed by atoms with Crippen molar-refractivity contribution in [3.8, 4) is 0 Å². The Labute approximate surface area is 93.8 Å². The van der Waals surface area contributed by atoms with Gasteiger partial charge in [-0.2, -0.15) is 0 Å². The number of amides is 1. The summed E-state index contributed by atoms with van der Waals surface area (Å²) in [6.07, 6.45) is 3.51. The van der Waals surface area contributed by atoms with Crippen LogP contribution in [0.25, 0.3) is 0 Å². The molecule has 0 spiro atoms. The Balaban J connectivity index is 2.70. The maximum Gasteiger partial charge on any atom is 0.217 e. The van der Waals surface area contributed by atoms with Crippen molar-refractivity contribution in [2.24, 2.45) is 17.3 Å². The number of hydrogen-bond donors (Lipinski definition) is 1. The molecule has 88 valence electrons. The Morgan fingerprint density at radius 2 is 1.80 bits per heavy atom. The molecular formula is C13H25NO. The third-order valence-electron chi connectivity index (χ3n) is 3.71. The number of hydrogen-bond acceptors (Lipinski definition) is 1. The van der Waals surface area contributed by atoms with Gasteiger partial charge in [-0.15, -0.1) is 0 Å². The third kappa shape index (κ3) is 3.84. The van der Waals surface area contributed by atoms with Crippen molar-refractivity contribution in [1.29, 1.82) is 0 Å². The first-order valence-corrected chi connectivity index (χ1v) is 6.07. The van der Waals surface area contributed by atoms with E-state index >= 15 is 0 Å². The summed E-state index contributed by atoms with van der Waals surface area (Å²) in [4.78, 5) is 11.1. The summed E-state index contributed by atoms with van der Waals surface area (Å²) in [6, 6.07) is 0.373. The summed E-state index contributed by atoms with van der Waals surface area (Å²) in [5.41, 5.74) is 0.358. The lowest BCUT2D eigenvalue weighted by atomic mass is 9.80. The molecule has 1 fully saturated rings. The van der Waals surface area contributed by atoms with Gasteiger partial charge < -0.3 is 5.32 Å². The predicted octanol–water partition coefficient (Wildman–Crippen LogP) is 2.97. The normalized spacial score (nSPS) is 35.7. The molecule has 1 aliphatic carbocycles. The van der Waals surface area contributed by atoms with Crippen LogP contribution in [0.3, 0.4) is 0 Å². The molecule has 0 saturated heterocycles. The number of carbonyl (C=O) groups excluding carboxylic acids is 1. The minimum atomic E-state index is 0.109. The number of nitrogens with one attached hydrogen (secondary N) is 1. The van der Waals surface area contributed by atoms with Gasteiger partial charge in [0.15, 0.2) is 0 Å². The summed E-state index contributed by atoms with van der Waals surface area (Å²) in [5.74, 6) is 1.58. The fourth-order valence-corrected chi connectivity index (χ4v) is 2.99. The van der Waals surface area contributed by atoms with Crippen molar-refractivity contribution in [2.45, 2.75) is 59.9 Å². The molecule has 1 saturated carbocycles. The SMILES string of the molecule is CC(=O)N[C@H]1CC(C)C(C)CC(C)(C)C1. The fourth-order valence-electron chi connectivity index (χ4n) is 2.99. The highest BCUT2D eigenvalue weighted by Gasteiger charge is 2.33. The maximum atomic E-state index is 11.1. The molecule has 0 aromatic heterocycles. The Kier molecular flexibility index (Phi) is 3.80. The van der Waals surface area contributed by atoms with E-state index in [9.17, 15) is 4.79 Å². The average molecular weight is 211 g/mol. The van der Waals surface area contributed by atoms with Gasteiger partial charge in [0.1, 0.15) is 0 Å². The average Bonchev–Trinajstić information content (AvgIpc) is 2.07. The highest BCUT2D eigenvalue weighted by atomic mass is 16.1. The van der Waals surface area contributed by atoms with E-state index in [0.29, 0.717) is 17.4 Å². The van der Waals surface area contributed by atoms with Crippen LogP contribution < -0.4 is 5.32 Å². The van der Waals surface area contributed by atoms with Gasteiger partial charge in [0, 0.05) is 13.0 Å². The van der Waals surface area contributed by atoms with Crippen LogP contribution >= 0.6 is 0 Å². The van der Waals surface area contributed by atoms with E-state index in [1.54, 1.807) is 6.92 Å². The van der Waals surface area contributed by atoms with Crippen LogP contribution in [-0.4, -0.2) is 11.9 Å². The highest BCUT2D eigenvalue weighted by molar-refractivity contribution is 5.73. The van der Waals surface area contributed by atoms with Gasteiger partial charge in [0.2, 0.25) is 5.91 Å². The smallest absolute Gasteiger partial charge is 0.217 e. The van der Waals surface area contributed by atoms with Crippen molar-refractivity contribution in [2.75, 3.05) is 0 Å². The summed E-state index contributed by atoms with van der Waals surface area (Å²) < 4.78 is 0. The zero-order valence-corrected chi connectivity index (χ0v) is 10.8. The first-order valence-electron chi connectivity index (χ1n) is 6.07. The molecule has 0 heterocycles. The van der Waals surface area contributed by atoms with E-state index in [1.807, 2.05) is 0 Å². The van der Waals surface area contributed by atoms with E-state index in [1.165, 1.54) is 6.42 Å². The Morgan fingerprint density at radius 3 is 2.33 bits per heavy atom. The quantitative estimate of drug-likeness (QED) is 0.664. The van der Waals surface area contributed by atoms with Crippen molar-refractivity contribution in [1.82, 2.24) is 5.32 Å². The highest BCUT2D eigenvalue weighted by Crippen LogP contribution is 2.39. The summed E-state index contributed by atoms with van der Waals surface area (Å²) >= 11 is 0. The van der Waals surface area contributed by atoms with Crippen molar-refractivity contribution in [3.05, 3.63) is 0 Å². The van der Waals surface area contributed by atoms with E-state index in [0.717, 1.165) is 18.8 Å². The van der Waals surface area contributed by atoms with Gasteiger partial charge in [-0.25, -0.2) is 0 Å². The molecule has 1 N–H and O–H groups in total. The van der Waals surface area contributed by atoms with Crippen LogP contribution in [0.4, 0.5) is 0 Å². The molecule has 1 aliphatic rings. The molecule has 1 amide bonds. The van der Waals surface area contributed by atoms with Crippen LogP contribution in [0, 0.1) is 17.3 Å². The lowest BCUT2D eigenvalue weighted by Crippen LogP contribution is -2.36. The minimum Gasteiger partial charge on any atom is -0.354 e. The van der Waals surface area contributed by atoms with E-state index in [4.69, 9.17) is 0 Å². The summed E-state index contributed by atoms with van der Waals surface area (Å²) in [6.45, 7) is 10.9. The van der Waals surface area contributed by atoms with Crippen LogP contribution in [0.1, 0.15) is 53.9 Å². The lowest BCUT2D eigenvalue weighted by Gasteiger charge is -2.27. The largest absolute Gasteiger partial charge is 0.354 e. The number of rotatable bonds is 1. The second-order valence-corrected chi connectivity index (χ2v) is 6.16. The molecule has 0 aliphatic heterocycles. The van der Waals surface area contributed by atoms with E-state index in [-0.39, 0.29) is 5.91 Å². The molecule has 3 atom stereocenters. The topological polar surface area (TPSA) is 29.1 Å². The Bertz CT molecular complexity index is 235. The van der Waals surface area contributed by atoms with Gasteiger partial charge in [-0.3, -0.25) is 4.79 Å². The fraction of sp³-hybridized carbons (Fsp3) is 0.923. The first kappa shape index (κ1) is 12.5. The molecule has 2 unspecified atom stereocenters. The first-order chi connectivity index (χ1) is 6.80. The standard InChI is InChI=1S/C13H25NO/c1-9-6-12(14-11(3)15)8-13(4,5)7-10(9)2/h9-10,12H,6-8H2,1-5H3,(H,14,15)/t9?,10?,12-/m0/s1. The zero-order valence-electron chi connectivity index (χ0n) is 10.8. The van der Waals surface area contributed by atoms with Crippen LogP contribution in [0.5, 0.6) is 0 Å². The van der Waals surface area contributed by atoms with Crippen LogP contribution in [0.15, 0.2) is 0 Å². The molecule has 0 aromatic carbocycles. The molecule has 1 rings (SSSR count). The van der Waals surface area contributed by atoms with Gasteiger partial charge in [0.25, 0.3) is 0 Å². The monoisotopic (exact) mass is 211 g/mol. The molecule has 2 heteroatoms. The Morgan fingerprint density at radius 1 is 1.20 bits per heavy atom. The van der Waals surface area contributed by atoms with Gasteiger partial charge in [-0.05, 0) is 36.5 Å². The summed E-state index contributed by atoms with van der Waals surface area (Å²) in [5, 5.41) is 3.09. The predicted molar refractivity (Wildman–Crippen MR) is 63.6 cm³/mol. The second kappa shape index (κ2) is 4.54. The third-order valence-corrected chi connectivity index (χ3v) is 3.71. The minimum absolute atomic E-state index is 0.109. The number of carbonyl (C=O) groups is 1. The molecule has 0 radical (unpaired) electrons. The van der Waals surface area contributed by atoms with Gasteiger partial charge in [0.05, 0.1) is 0 Å². The van der Waals surface area contributed by atoms with Gasteiger partial charge >= 0.3 is 0 Å².